The molecule has 0 radical (unpaired) electrons. The fourth-order valence-corrected chi connectivity index (χ4v) is 2.01. The molecule has 2 N–H and O–H groups in total. The predicted octanol–water partition coefficient (Wildman–Crippen LogP) is 0.259. The van der Waals surface area contributed by atoms with E-state index >= 15 is 0 Å². The van der Waals surface area contributed by atoms with E-state index in [1.165, 1.54) is 6.07 Å². The SMILES string of the molecule is CC(=O)OC[C@H]1O[C@@H](N(/C=C\C#N)C(N)=O)C(F)(F)C1OC(C)=O. The Bertz CT molecular complexity index is 589. The maximum Gasteiger partial charge on any atom is 0.331 e. The fraction of sp³-hybridized carbons (Fsp3) is 0.538. The Kier molecular flexibility index (Phi) is 6.19. The van der Waals surface area contributed by atoms with Gasteiger partial charge in [-0.3, -0.25) is 14.5 Å². The van der Waals surface area contributed by atoms with Gasteiger partial charge in [-0.05, 0) is 0 Å². The van der Waals surface area contributed by atoms with Gasteiger partial charge in [0.05, 0.1) is 6.07 Å². The van der Waals surface area contributed by atoms with E-state index < -0.39 is 48.9 Å². The average molecular weight is 347 g/mol. The van der Waals surface area contributed by atoms with Crippen LogP contribution in [0.1, 0.15) is 13.8 Å². The van der Waals surface area contributed by atoms with Crippen LogP contribution in [0.5, 0.6) is 0 Å². The molecule has 1 rings (SSSR count). The zero-order valence-electron chi connectivity index (χ0n) is 12.8. The number of carbonyl (C=O) groups excluding carboxylic acids is 3. The summed E-state index contributed by atoms with van der Waals surface area (Å²) in [4.78, 5) is 33.6. The van der Waals surface area contributed by atoms with Crippen molar-refractivity contribution in [2.45, 2.75) is 38.2 Å². The van der Waals surface area contributed by atoms with E-state index in [1.807, 2.05) is 0 Å². The van der Waals surface area contributed by atoms with Gasteiger partial charge >= 0.3 is 23.9 Å². The topological polar surface area (TPSA) is 132 Å². The molecule has 0 aromatic heterocycles. The molecule has 1 unspecified atom stereocenters. The number of alkyl halides is 2. The van der Waals surface area contributed by atoms with E-state index in [1.54, 1.807) is 0 Å². The van der Waals surface area contributed by atoms with Crippen molar-refractivity contribution >= 4 is 18.0 Å². The van der Waals surface area contributed by atoms with Crippen molar-refractivity contribution in [1.82, 2.24) is 4.90 Å². The highest BCUT2D eigenvalue weighted by atomic mass is 19.3. The second-order valence-electron chi connectivity index (χ2n) is 4.72. The van der Waals surface area contributed by atoms with Crippen LogP contribution in [-0.2, 0) is 23.8 Å². The number of urea groups is 1. The van der Waals surface area contributed by atoms with Crippen LogP contribution < -0.4 is 5.73 Å². The van der Waals surface area contributed by atoms with Gasteiger partial charge in [0, 0.05) is 26.1 Å². The summed E-state index contributed by atoms with van der Waals surface area (Å²) in [7, 11) is 0. The Hall–Kier alpha value is -2.74. The number of allylic oxidation sites excluding steroid dienone is 1. The Labute approximate surface area is 135 Å². The molecule has 0 saturated carbocycles. The molecule has 1 heterocycles. The number of nitrogens with two attached hydrogens (primary N) is 1. The molecule has 1 aliphatic rings. The second kappa shape index (κ2) is 7.69. The third-order valence-corrected chi connectivity index (χ3v) is 2.91. The largest absolute Gasteiger partial charge is 0.463 e. The summed E-state index contributed by atoms with van der Waals surface area (Å²) in [5.41, 5.74) is 5.01. The number of nitrogens with zero attached hydrogens (tertiary/aromatic N) is 2. The van der Waals surface area contributed by atoms with Crippen molar-refractivity contribution < 1.29 is 37.4 Å². The lowest BCUT2D eigenvalue weighted by Crippen LogP contribution is -2.51. The summed E-state index contributed by atoms with van der Waals surface area (Å²) in [6.45, 7) is 1.33. The van der Waals surface area contributed by atoms with Gasteiger partial charge in [0.15, 0.2) is 6.10 Å². The summed E-state index contributed by atoms with van der Waals surface area (Å²) >= 11 is 0. The van der Waals surface area contributed by atoms with Crippen molar-refractivity contribution in [2.24, 2.45) is 5.73 Å². The highest BCUT2D eigenvalue weighted by molar-refractivity contribution is 5.73. The Morgan fingerprint density at radius 1 is 1.38 bits per heavy atom. The van der Waals surface area contributed by atoms with Crippen LogP contribution >= 0.6 is 0 Å². The summed E-state index contributed by atoms with van der Waals surface area (Å²) < 4.78 is 43.3. The number of halogens is 2. The van der Waals surface area contributed by atoms with E-state index in [2.05, 4.69) is 9.47 Å². The normalized spacial score (nSPS) is 25.0. The molecule has 24 heavy (non-hydrogen) atoms. The molecule has 1 fully saturated rings. The van der Waals surface area contributed by atoms with Crippen LogP contribution in [0.15, 0.2) is 12.3 Å². The Balaban J connectivity index is 3.15. The number of rotatable bonds is 5. The van der Waals surface area contributed by atoms with Gasteiger partial charge in [0.25, 0.3) is 0 Å². The molecule has 2 amide bonds. The molecule has 0 aliphatic carbocycles. The standard InChI is InChI=1S/C13H15F2N3O6/c1-7(19)22-6-9-10(23-8(2)20)13(14,15)11(24-9)18(12(17)21)5-3-4-16/h3,5,9-11H,6H2,1-2H3,(H2,17,21)/b5-3-/t9-,10?,11-/m1/s1. The van der Waals surface area contributed by atoms with Crippen molar-refractivity contribution in [3.05, 3.63) is 12.3 Å². The molecule has 1 aliphatic heterocycles. The molecular formula is C13H15F2N3O6. The molecule has 9 nitrogen and oxygen atoms in total. The first-order valence-electron chi connectivity index (χ1n) is 6.59. The van der Waals surface area contributed by atoms with Gasteiger partial charge in [-0.25, -0.2) is 4.79 Å². The quantitative estimate of drug-likeness (QED) is 0.557. The third-order valence-electron chi connectivity index (χ3n) is 2.91. The zero-order valence-corrected chi connectivity index (χ0v) is 12.8. The fourth-order valence-electron chi connectivity index (χ4n) is 2.01. The van der Waals surface area contributed by atoms with E-state index in [-0.39, 0.29) is 4.90 Å². The first-order chi connectivity index (χ1) is 11.1. The van der Waals surface area contributed by atoms with Gasteiger partial charge in [-0.15, -0.1) is 0 Å². The Morgan fingerprint density at radius 2 is 2.00 bits per heavy atom. The minimum Gasteiger partial charge on any atom is -0.463 e. The van der Waals surface area contributed by atoms with Crippen molar-refractivity contribution in [2.75, 3.05) is 6.61 Å². The van der Waals surface area contributed by atoms with Gasteiger partial charge in [0.2, 0.25) is 6.23 Å². The van der Waals surface area contributed by atoms with E-state index in [0.717, 1.165) is 19.9 Å². The lowest BCUT2D eigenvalue weighted by atomic mass is 10.1. The summed E-state index contributed by atoms with van der Waals surface area (Å²) in [5.74, 6) is -5.65. The molecule has 0 aromatic rings. The minimum absolute atomic E-state index is 0.285. The highest BCUT2D eigenvalue weighted by Gasteiger charge is 2.63. The van der Waals surface area contributed by atoms with E-state index in [4.69, 9.17) is 15.7 Å². The molecule has 11 heteroatoms. The van der Waals surface area contributed by atoms with Crippen LogP contribution in [0.2, 0.25) is 0 Å². The molecule has 0 spiro atoms. The van der Waals surface area contributed by atoms with Crippen LogP contribution in [0.3, 0.4) is 0 Å². The number of amides is 2. The number of hydrogen-bond donors (Lipinski definition) is 1. The molecular weight excluding hydrogens is 332 g/mol. The van der Waals surface area contributed by atoms with Crippen molar-refractivity contribution in [1.29, 1.82) is 5.26 Å². The molecule has 3 atom stereocenters. The van der Waals surface area contributed by atoms with E-state index in [9.17, 15) is 23.2 Å². The van der Waals surface area contributed by atoms with Crippen LogP contribution in [-0.4, -0.2) is 53.8 Å². The molecule has 0 bridgehead atoms. The number of hydrogen-bond acceptors (Lipinski definition) is 7. The van der Waals surface area contributed by atoms with Crippen LogP contribution in [0, 0.1) is 11.3 Å². The maximum atomic E-state index is 14.5. The van der Waals surface area contributed by atoms with Gasteiger partial charge in [-0.2, -0.15) is 14.0 Å². The first kappa shape index (κ1) is 19.3. The predicted molar refractivity (Wildman–Crippen MR) is 72.0 cm³/mol. The zero-order chi connectivity index (χ0) is 18.5. The van der Waals surface area contributed by atoms with Gasteiger partial charge in [-0.1, -0.05) is 0 Å². The number of esters is 2. The summed E-state index contributed by atoms with van der Waals surface area (Å²) in [5, 5.41) is 8.47. The van der Waals surface area contributed by atoms with Gasteiger partial charge in [0.1, 0.15) is 12.7 Å². The molecule has 132 valence electrons. The smallest absolute Gasteiger partial charge is 0.331 e. The monoisotopic (exact) mass is 347 g/mol. The number of ether oxygens (including phenoxy) is 3. The Morgan fingerprint density at radius 3 is 2.46 bits per heavy atom. The number of carbonyl (C=O) groups is 3. The van der Waals surface area contributed by atoms with Crippen LogP contribution in [0.25, 0.3) is 0 Å². The lowest BCUT2D eigenvalue weighted by molar-refractivity contribution is -0.175. The molecule has 0 aromatic carbocycles. The highest BCUT2D eigenvalue weighted by Crippen LogP contribution is 2.40. The number of primary amides is 1. The first-order valence-corrected chi connectivity index (χ1v) is 6.59. The van der Waals surface area contributed by atoms with Gasteiger partial charge < -0.3 is 19.9 Å². The molecule has 1 saturated heterocycles. The minimum atomic E-state index is -3.87. The summed E-state index contributed by atoms with van der Waals surface area (Å²) in [6, 6.07) is 0.195. The van der Waals surface area contributed by atoms with Crippen molar-refractivity contribution in [3.8, 4) is 6.07 Å². The maximum absolute atomic E-state index is 14.5. The third kappa shape index (κ3) is 4.39. The second-order valence-corrected chi connectivity index (χ2v) is 4.72. The van der Waals surface area contributed by atoms with E-state index in [0.29, 0.717) is 6.20 Å². The van der Waals surface area contributed by atoms with Crippen molar-refractivity contribution in [3.63, 3.8) is 0 Å². The lowest BCUT2D eigenvalue weighted by Gasteiger charge is -2.28. The average Bonchev–Trinajstić information content (AvgIpc) is 2.69. The summed E-state index contributed by atoms with van der Waals surface area (Å²) in [6.07, 6.45) is -4.44. The van der Waals surface area contributed by atoms with Crippen LogP contribution in [0.4, 0.5) is 13.6 Å². The number of nitriles is 1.